The highest BCUT2D eigenvalue weighted by molar-refractivity contribution is 8.00. The smallest absolute Gasteiger partial charge is 0.255 e. The Kier molecular flexibility index (Phi) is 7.69. The predicted octanol–water partition coefficient (Wildman–Crippen LogP) is 4.17. The number of carbonyl (C=O) groups is 2. The van der Waals surface area contributed by atoms with Gasteiger partial charge in [0.2, 0.25) is 5.91 Å². The van der Waals surface area contributed by atoms with Crippen LogP contribution in [0.15, 0.2) is 48.8 Å². The van der Waals surface area contributed by atoms with Crippen LogP contribution in [0.3, 0.4) is 0 Å². The molecule has 154 valence electrons. The quantitative estimate of drug-likeness (QED) is 0.662. The summed E-state index contributed by atoms with van der Waals surface area (Å²) in [5.41, 5.74) is 2.70. The summed E-state index contributed by atoms with van der Waals surface area (Å²) in [6.07, 6.45) is 7.71. The molecular weight excluding hydrogens is 382 g/mol. The van der Waals surface area contributed by atoms with E-state index >= 15 is 0 Å². The number of nitrogens with zero attached hydrogens (tertiary/aromatic N) is 2. The fraction of sp³-hybridized carbons (Fsp3) is 0.435. The average molecular weight is 412 g/mol. The van der Waals surface area contributed by atoms with Crippen molar-refractivity contribution >= 4 is 23.6 Å². The molecule has 2 amide bonds. The van der Waals surface area contributed by atoms with Gasteiger partial charge in [0.25, 0.3) is 5.91 Å². The molecule has 0 bridgehead atoms. The first-order chi connectivity index (χ1) is 14.1. The van der Waals surface area contributed by atoms with Crippen LogP contribution < -0.4 is 5.32 Å². The van der Waals surface area contributed by atoms with Crippen LogP contribution in [-0.2, 0) is 11.3 Å². The lowest BCUT2D eigenvalue weighted by atomic mass is 10.1. The highest BCUT2D eigenvalue weighted by Gasteiger charge is 2.41. The van der Waals surface area contributed by atoms with E-state index in [1.807, 2.05) is 48.2 Å². The molecule has 1 aliphatic heterocycles. The molecular formula is C23H29N3O2S. The maximum Gasteiger partial charge on any atom is 0.255 e. The number of hydrogen-bond acceptors (Lipinski definition) is 4. The van der Waals surface area contributed by atoms with Crippen molar-refractivity contribution in [3.8, 4) is 0 Å². The number of hydrogen-bond donors (Lipinski definition) is 1. The summed E-state index contributed by atoms with van der Waals surface area (Å²) in [6, 6.07) is 10.9. The van der Waals surface area contributed by atoms with Crippen LogP contribution in [0.1, 0.15) is 54.1 Å². The summed E-state index contributed by atoms with van der Waals surface area (Å²) in [5.74, 6) is 0.477. The molecule has 0 aliphatic carbocycles. The predicted molar refractivity (Wildman–Crippen MR) is 118 cm³/mol. The zero-order chi connectivity index (χ0) is 20.6. The van der Waals surface area contributed by atoms with Gasteiger partial charge in [0, 0.05) is 30.3 Å². The molecule has 2 aromatic rings. The normalized spacial score (nSPS) is 18.6. The summed E-state index contributed by atoms with van der Waals surface area (Å²) in [7, 11) is 0. The molecule has 1 aromatic heterocycles. The molecule has 5 nitrogen and oxygen atoms in total. The van der Waals surface area contributed by atoms with Crippen molar-refractivity contribution in [2.45, 2.75) is 57.5 Å². The van der Waals surface area contributed by atoms with E-state index in [1.54, 1.807) is 24.2 Å². The lowest BCUT2D eigenvalue weighted by molar-refractivity contribution is -0.125. The Balaban J connectivity index is 1.73. The highest BCUT2D eigenvalue weighted by atomic mass is 32.2. The van der Waals surface area contributed by atoms with E-state index in [2.05, 4.69) is 17.2 Å². The summed E-state index contributed by atoms with van der Waals surface area (Å²) in [6.45, 7) is 4.59. The van der Waals surface area contributed by atoms with Crippen molar-refractivity contribution in [1.29, 1.82) is 0 Å². The fourth-order valence-electron chi connectivity index (χ4n) is 3.48. The topological polar surface area (TPSA) is 62.3 Å². The second kappa shape index (κ2) is 10.4. The summed E-state index contributed by atoms with van der Waals surface area (Å²) >= 11 is 1.72. The second-order valence-corrected chi connectivity index (χ2v) is 8.67. The Morgan fingerprint density at radius 1 is 1.21 bits per heavy atom. The van der Waals surface area contributed by atoms with Crippen LogP contribution in [0.2, 0.25) is 0 Å². The zero-order valence-corrected chi connectivity index (χ0v) is 18.0. The summed E-state index contributed by atoms with van der Waals surface area (Å²) < 4.78 is 0. The van der Waals surface area contributed by atoms with E-state index in [1.165, 1.54) is 0 Å². The SMILES string of the molecule is CCCCCC1SCC(C(=O)NCc2cccnc2)N1C(=O)c1ccc(C)cc1. The van der Waals surface area contributed by atoms with Crippen LogP contribution >= 0.6 is 11.8 Å². The van der Waals surface area contributed by atoms with Crippen molar-refractivity contribution in [3.63, 3.8) is 0 Å². The fourth-order valence-corrected chi connectivity index (χ4v) is 4.94. The standard InChI is InChI=1S/C23H29N3O2S/c1-3-4-5-8-21-26(23(28)19-11-9-17(2)10-12-19)20(16-29-21)22(27)25-15-18-7-6-13-24-14-18/h6-7,9-14,20-21H,3-5,8,15-16H2,1-2H3,(H,25,27). The van der Waals surface area contributed by atoms with Gasteiger partial charge in [-0.05, 0) is 37.1 Å². The van der Waals surface area contributed by atoms with E-state index in [0.717, 1.165) is 36.8 Å². The van der Waals surface area contributed by atoms with Gasteiger partial charge in [-0.2, -0.15) is 0 Å². The van der Waals surface area contributed by atoms with E-state index in [4.69, 9.17) is 0 Å². The maximum absolute atomic E-state index is 13.3. The Labute approximate surface area is 177 Å². The lowest BCUT2D eigenvalue weighted by Crippen LogP contribution is -2.49. The number of nitrogens with one attached hydrogen (secondary N) is 1. The molecule has 0 spiro atoms. The second-order valence-electron chi connectivity index (χ2n) is 7.46. The van der Waals surface area contributed by atoms with E-state index in [-0.39, 0.29) is 17.2 Å². The van der Waals surface area contributed by atoms with Gasteiger partial charge in [-0.1, -0.05) is 49.9 Å². The number of aryl methyl sites for hydroxylation is 1. The molecule has 1 fully saturated rings. The lowest BCUT2D eigenvalue weighted by Gasteiger charge is -2.29. The maximum atomic E-state index is 13.3. The molecule has 1 N–H and O–H groups in total. The van der Waals surface area contributed by atoms with Crippen molar-refractivity contribution in [1.82, 2.24) is 15.2 Å². The molecule has 0 saturated carbocycles. The monoisotopic (exact) mass is 411 g/mol. The van der Waals surface area contributed by atoms with Gasteiger partial charge in [-0.15, -0.1) is 11.8 Å². The van der Waals surface area contributed by atoms with Gasteiger partial charge in [0.05, 0.1) is 5.37 Å². The van der Waals surface area contributed by atoms with Crippen molar-refractivity contribution < 1.29 is 9.59 Å². The van der Waals surface area contributed by atoms with Gasteiger partial charge < -0.3 is 10.2 Å². The molecule has 2 heterocycles. The van der Waals surface area contributed by atoms with Crippen LogP contribution in [-0.4, -0.2) is 38.9 Å². The molecule has 1 aromatic carbocycles. The first kappa shape index (κ1) is 21.4. The molecule has 2 unspecified atom stereocenters. The molecule has 29 heavy (non-hydrogen) atoms. The number of benzene rings is 1. The van der Waals surface area contributed by atoms with Gasteiger partial charge >= 0.3 is 0 Å². The summed E-state index contributed by atoms with van der Waals surface area (Å²) in [4.78, 5) is 32.2. The first-order valence-corrected chi connectivity index (χ1v) is 11.3. The third-order valence-electron chi connectivity index (χ3n) is 5.17. The van der Waals surface area contributed by atoms with E-state index in [9.17, 15) is 9.59 Å². The van der Waals surface area contributed by atoms with Gasteiger partial charge in [0.1, 0.15) is 6.04 Å². The third kappa shape index (κ3) is 5.60. The minimum atomic E-state index is -0.447. The Hall–Kier alpha value is -2.34. The first-order valence-electron chi connectivity index (χ1n) is 10.3. The highest BCUT2D eigenvalue weighted by Crippen LogP contribution is 2.34. The molecule has 3 rings (SSSR count). The number of carbonyl (C=O) groups excluding carboxylic acids is 2. The van der Waals surface area contributed by atoms with Crippen molar-refractivity contribution in [3.05, 3.63) is 65.5 Å². The zero-order valence-electron chi connectivity index (χ0n) is 17.1. The number of thioether (sulfide) groups is 1. The van der Waals surface area contributed by atoms with Crippen molar-refractivity contribution in [2.24, 2.45) is 0 Å². The number of pyridine rings is 1. The van der Waals surface area contributed by atoms with Crippen LogP contribution in [0.4, 0.5) is 0 Å². The summed E-state index contributed by atoms with van der Waals surface area (Å²) in [5, 5.41) is 3.03. The molecule has 6 heteroatoms. The average Bonchev–Trinajstić information content (AvgIpc) is 3.17. The Bertz CT molecular complexity index is 811. The minimum absolute atomic E-state index is 0.0458. The molecule has 1 aliphatic rings. The molecule has 1 saturated heterocycles. The third-order valence-corrected chi connectivity index (χ3v) is 6.53. The van der Waals surface area contributed by atoms with Crippen molar-refractivity contribution in [2.75, 3.05) is 5.75 Å². The van der Waals surface area contributed by atoms with E-state index in [0.29, 0.717) is 17.9 Å². The number of amides is 2. The van der Waals surface area contributed by atoms with Gasteiger partial charge in [-0.25, -0.2) is 0 Å². The number of unbranched alkanes of at least 4 members (excludes halogenated alkanes) is 2. The van der Waals surface area contributed by atoms with Gasteiger partial charge in [0.15, 0.2) is 0 Å². The van der Waals surface area contributed by atoms with Crippen LogP contribution in [0, 0.1) is 6.92 Å². The van der Waals surface area contributed by atoms with Crippen LogP contribution in [0.25, 0.3) is 0 Å². The minimum Gasteiger partial charge on any atom is -0.350 e. The van der Waals surface area contributed by atoms with Crippen LogP contribution in [0.5, 0.6) is 0 Å². The largest absolute Gasteiger partial charge is 0.350 e. The van der Waals surface area contributed by atoms with E-state index < -0.39 is 6.04 Å². The Morgan fingerprint density at radius 3 is 2.69 bits per heavy atom. The number of aromatic nitrogens is 1. The molecule has 2 atom stereocenters. The number of rotatable bonds is 8. The molecule has 0 radical (unpaired) electrons. The van der Waals surface area contributed by atoms with Gasteiger partial charge in [-0.3, -0.25) is 14.6 Å². The Morgan fingerprint density at radius 2 is 2.00 bits per heavy atom.